The number of hydrogen-bond acceptors (Lipinski definition) is 5. The highest BCUT2D eigenvalue weighted by Gasteiger charge is 2.35. The van der Waals surface area contributed by atoms with Crippen molar-refractivity contribution < 1.29 is 29.0 Å². The Labute approximate surface area is 154 Å². The third-order valence-electron chi connectivity index (χ3n) is 3.33. The molecule has 0 aliphatic heterocycles. The topological polar surface area (TPSA) is 101 Å². The van der Waals surface area contributed by atoms with Gasteiger partial charge in [-0.15, -0.1) is 0 Å². The van der Waals surface area contributed by atoms with Gasteiger partial charge in [-0.05, 0) is 31.4 Å². The summed E-state index contributed by atoms with van der Waals surface area (Å²) >= 11 is 0. The van der Waals surface area contributed by atoms with Gasteiger partial charge in [-0.2, -0.15) is 0 Å². The van der Waals surface area contributed by atoms with Crippen LogP contribution in [0.3, 0.4) is 0 Å². The molecule has 7 nitrogen and oxygen atoms in total. The molecule has 0 radical (unpaired) electrons. The Bertz CT molecular complexity index is 510. The molecular formula is C19H29NO6. The van der Waals surface area contributed by atoms with Crippen LogP contribution in [-0.2, 0) is 23.9 Å². The van der Waals surface area contributed by atoms with Crippen LogP contribution < -0.4 is 0 Å². The number of carbonyl (C=O) groups excluding carboxylic acids is 3. The van der Waals surface area contributed by atoms with Crippen molar-refractivity contribution >= 4 is 23.8 Å². The van der Waals surface area contributed by atoms with E-state index in [1.807, 2.05) is 13.8 Å². The highest BCUT2D eigenvalue weighted by Crippen LogP contribution is 2.11. The number of aliphatic carboxylic acids is 1. The van der Waals surface area contributed by atoms with Crippen molar-refractivity contribution in [2.45, 2.75) is 65.3 Å². The van der Waals surface area contributed by atoms with Crippen LogP contribution in [0, 0.1) is 0 Å². The predicted molar refractivity (Wildman–Crippen MR) is 97.2 cm³/mol. The van der Waals surface area contributed by atoms with E-state index in [1.54, 1.807) is 19.1 Å². The zero-order chi connectivity index (χ0) is 19.9. The normalized spacial score (nSPS) is 12.3. The summed E-state index contributed by atoms with van der Waals surface area (Å²) in [6.45, 7) is 5.81. The van der Waals surface area contributed by atoms with Gasteiger partial charge in [-0.25, -0.2) is 4.79 Å². The number of hydrogen-bond donors (Lipinski definition) is 1. The molecule has 7 heteroatoms. The summed E-state index contributed by atoms with van der Waals surface area (Å²) in [5, 5.41) is 9.46. The molecule has 0 rings (SSSR count). The van der Waals surface area contributed by atoms with Crippen molar-refractivity contribution in [3.63, 3.8) is 0 Å². The standard InChI is InChI=1S/C19H29NO6/c1-4-7-9-11-16(21)20(17(22)12-10-8-5-2)15(19(24)25)14-18(23)26-13-6-3/h9-12,15H,4-8,13-14H2,1-3H3,(H,24,25)/b11-9+,12-10+. The summed E-state index contributed by atoms with van der Waals surface area (Å²) in [4.78, 5) is 48.8. The van der Waals surface area contributed by atoms with Crippen molar-refractivity contribution in [2.75, 3.05) is 6.61 Å². The molecule has 146 valence electrons. The predicted octanol–water partition coefficient (Wildman–Crippen LogP) is 2.85. The van der Waals surface area contributed by atoms with Gasteiger partial charge in [0.05, 0.1) is 13.0 Å². The molecule has 0 aliphatic carbocycles. The Morgan fingerprint density at radius 2 is 1.42 bits per heavy atom. The van der Waals surface area contributed by atoms with Gasteiger partial charge in [0.1, 0.15) is 6.04 Å². The van der Waals surface area contributed by atoms with Crippen LogP contribution in [0.2, 0.25) is 0 Å². The molecule has 2 amide bonds. The number of rotatable bonds is 12. The highest BCUT2D eigenvalue weighted by molar-refractivity contribution is 6.08. The average Bonchev–Trinajstić information content (AvgIpc) is 2.59. The Morgan fingerprint density at radius 1 is 0.923 bits per heavy atom. The molecule has 0 aliphatic rings. The third kappa shape index (κ3) is 9.15. The fraction of sp³-hybridized carbons (Fsp3) is 0.579. The molecule has 1 N–H and O–H groups in total. The number of amides is 2. The number of carbonyl (C=O) groups is 4. The molecule has 26 heavy (non-hydrogen) atoms. The van der Waals surface area contributed by atoms with Crippen LogP contribution in [0.25, 0.3) is 0 Å². The van der Waals surface area contributed by atoms with Crippen molar-refractivity contribution in [1.82, 2.24) is 4.90 Å². The maximum atomic E-state index is 12.4. The van der Waals surface area contributed by atoms with Crippen LogP contribution in [0.1, 0.15) is 59.3 Å². The molecular weight excluding hydrogens is 338 g/mol. The first-order chi connectivity index (χ1) is 12.4. The van der Waals surface area contributed by atoms with E-state index in [0.717, 1.165) is 12.8 Å². The molecule has 0 aromatic rings. The molecule has 0 fully saturated rings. The molecule has 1 unspecified atom stereocenters. The SMILES string of the molecule is CCC/C=C/C(=O)N(C(=O)/C=C/CCC)C(CC(=O)OCCC)C(=O)O. The van der Waals surface area contributed by atoms with E-state index in [4.69, 9.17) is 4.74 Å². The Kier molecular flexibility index (Phi) is 12.5. The lowest BCUT2D eigenvalue weighted by Gasteiger charge is -2.24. The summed E-state index contributed by atoms with van der Waals surface area (Å²) in [7, 11) is 0. The number of nitrogens with zero attached hydrogens (tertiary/aromatic N) is 1. The van der Waals surface area contributed by atoms with Crippen molar-refractivity contribution in [3.05, 3.63) is 24.3 Å². The first-order valence-electron chi connectivity index (χ1n) is 8.97. The van der Waals surface area contributed by atoms with Gasteiger partial charge in [0.15, 0.2) is 0 Å². The monoisotopic (exact) mass is 367 g/mol. The van der Waals surface area contributed by atoms with Gasteiger partial charge in [0, 0.05) is 0 Å². The van der Waals surface area contributed by atoms with Crippen molar-refractivity contribution in [3.8, 4) is 0 Å². The van der Waals surface area contributed by atoms with E-state index >= 15 is 0 Å². The van der Waals surface area contributed by atoms with Crippen LogP contribution >= 0.6 is 0 Å². The van der Waals surface area contributed by atoms with E-state index in [-0.39, 0.29) is 6.61 Å². The van der Waals surface area contributed by atoms with Gasteiger partial charge in [0.25, 0.3) is 11.8 Å². The number of esters is 1. The summed E-state index contributed by atoms with van der Waals surface area (Å²) in [6.07, 6.45) is 8.34. The Balaban J connectivity index is 5.51. The number of carboxylic acid groups (broad SMARTS) is 1. The Morgan fingerprint density at radius 3 is 1.81 bits per heavy atom. The van der Waals surface area contributed by atoms with Crippen molar-refractivity contribution in [1.29, 1.82) is 0 Å². The minimum atomic E-state index is -1.61. The second kappa shape index (κ2) is 13.8. The van der Waals surface area contributed by atoms with Crippen LogP contribution in [0.5, 0.6) is 0 Å². The number of imide groups is 1. The summed E-state index contributed by atoms with van der Waals surface area (Å²) < 4.78 is 4.89. The molecule has 0 aromatic carbocycles. The number of unbranched alkanes of at least 4 members (excludes halogenated alkanes) is 2. The first kappa shape index (κ1) is 23.6. The molecule has 0 heterocycles. The molecule has 0 saturated heterocycles. The Hall–Kier alpha value is -2.44. The van der Waals surface area contributed by atoms with E-state index in [1.165, 1.54) is 12.2 Å². The van der Waals surface area contributed by atoms with E-state index < -0.39 is 36.2 Å². The lowest BCUT2D eigenvalue weighted by molar-refractivity contribution is -0.159. The lowest BCUT2D eigenvalue weighted by atomic mass is 10.1. The van der Waals surface area contributed by atoms with Crippen LogP contribution in [0.15, 0.2) is 24.3 Å². The average molecular weight is 367 g/mol. The second-order valence-corrected chi connectivity index (χ2v) is 5.71. The molecule has 0 saturated carbocycles. The third-order valence-corrected chi connectivity index (χ3v) is 3.33. The molecule has 0 spiro atoms. The van der Waals surface area contributed by atoms with E-state index in [0.29, 0.717) is 24.2 Å². The highest BCUT2D eigenvalue weighted by atomic mass is 16.5. The maximum absolute atomic E-state index is 12.4. The van der Waals surface area contributed by atoms with Gasteiger partial charge >= 0.3 is 11.9 Å². The lowest BCUT2D eigenvalue weighted by Crippen LogP contribution is -2.48. The van der Waals surface area contributed by atoms with E-state index in [9.17, 15) is 24.3 Å². The van der Waals surface area contributed by atoms with Gasteiger partial charge in [-0.1, -0.05) is 45.8 Å². The quantitative estimate of drug-likeness (QED) is 0.420. The first-order valence-corrected chi connectivity index (χ1v) is 8.97. The summed E-state index contributed by atoms with van der Waals surface area (Å²) in [5.74, 6) is -3.73. The van der Waals surface area contributed by atoms with Gasteiger partial charge in [-0.3, -0.25) is 19.3 Å². The summed E-state index contributed by atoms with van der Waals surface area (Å²) in [6, 6.07) is -1.61. The molecule has 0 aromatic heterocycles. The number of carboxylic acids is 1. The molecule has 1 atom stereocenters. The van der Waals surface area contributed by atoms with Crippen LogP contribution in [0.4, 0.5) is 0 Å². The maximum Gasteiger partial charge on any atom is 0.327 e. The number of ether oxygens (including phenoxy) is 1. The molecule has 0 bridgehead atoms. The minimum absolute atomic E-state index is 0.153. The van der Waals surface area contributed by atoms with Crippen molar-refractivity contribution in [2.24, 2.45) is 0 Å². The second-order valence-electron chi connectivity index (χ2n) is 5.71. The minimum Gasteiger partial charge on any atom is -0.480 e. The number of allylic oxidation sites excluding steroid dienone is 2. The van der Waals surface area contributed by atoms with Gasteiger partial charge < -0.3 is 9.84 Å². The smallest absolute Gasteiger partial charge is 0.327 e. The van der Waals surface area contributed by atoms with E-state index in [2.05, 4.69) is 0 Å². The van der Waals surface area contributed by atoms with Crippen LogP contribution in [-0.4, -0.2) is 46.4 Å². The van der Waals surface area contributed by atoms with Gasteiger partial charge in [0.2, 0.25) is 0 Å². The largest absolute Gasteiger partial charge is 0.480 e. The zero-order valence-corrected chi connectivity index (χ0v) is 15.8. The summed E-state index contributed by atoms with van der Waals surface area (Å²) in [5.41, 5.74) is 0. The fourth-order valence-corrected chi connectivity index (χ4v) is 2.00. The fourth-order valence-electron chi connectivity index (χ4n) is 2.00. The zero-order valence-electron chi connectivity index (χ0n) is 15.8.